The molecule has 0 fully saturated rings. The van der Waals surface area contributed by atoms with Gasteiger partial charge in [-0.05, 0) is 28.9 Å². The molecule has 17 heavy (non-hydrogen) atoms. The summed E-state index contributed by atoms with van der Waals surface area (Å²) in [5.41, 5.74) is 1.90. The molecular weight excluding hydrogens is 214 g/mol. The Bertz CT molecular complexity index is 547. The van der Waals surface area contributed by atoms with Gasteiger partial charge in [0.2, 0.25) is 0 Å². The van der Waals surface area contributed by atoms with E-state index in [0.717, 1.165) is 5.56 Å². The van der Waals surface area contributed by atoms with Crippen molar-refractivity contribution < 1.29 is 5.11 Å². The van der Waals surface area contributed by atoms with Crippen LogP contribution in [0.1, 0.15) is 11.1 Å². The summed E-state index contributed by atoms with van der Waals surface area (Å²) in [6, 6.07) is 14.2. The summed E-state index contributed by atoms with van der Waals surface area (Å²) < 4.78 is 0. The lowest BCUT2D eigenvalue weighted by Gasteiger charge is -1.99. The van der Waals surface area contributed by atoms with E-state index in [0.29, 0.717) is 11.3 Å². The first kappa shape index (κ1) is 11.1. The lowest BCUT2D eigenvalue weighted by atomic mass is 10.1. The van der Waals surface area contributed by atoms with Crippen molar-refractivity contribution in [2.75, 3.05) is 0 Å². The zero-order chi connectivity index (χ0) is 12.1. The van der Waals surface area contributed by atoms with Gasteiger partial charge < -0.3 is 5.11 Å². The van der Waals surface area contributed by atoms with Crippen LogP contribution in [0.5, 0.6) is 5.75 Å². The third kappa shape index (κ3) is 2.78. The summed E-state index contributed by atoms with van der Waals surface area (Å²) in [4.78, 5) is 10.4. The van der Waals surface area contributed by atoms with E-state index in [1.807, 2.05) is 36.4 Å². The monoisotopic (exact) mass is 225 g/mol. The molecule has 0 aliphatic rings. The third-order valence-electron chi connectivity index (χ3n) is 2.37. The van der Waals surface area contributed by atoms with Crippen LogP contribution in [-0.2, 0) is 0 Å². The van der Waals surface area contributed by atoms with Crippen LogP contribution in [-0.4, -0.2) is 5.11 Å². The highest BCUT2D eigenvalue weighted by atomic mass is 16.3. The number of nitrogens with zero attached hydrogens (tertiary/aromatic N) is 1. The maximum Gasteiger partial charge on any atom is 0.122 e. The topological polar surface area (TPSA) is 49.7 Å². The largest absolute Gasteiger partial charge is 0.507 e. The first-order valence-electron chi connectivity index (χ1n) is 5.19. The van der Waals surface area contributed by atoms with Crippen LogP contribution in [0.15, 0.2) is 53.7 Å². The fourth-order valence-electron chi connectivity index (χ4n) is 1.48. The number of phenolic OH excluding ortho intramolecular Hbond substituents is 1. The van der Waals surface area contributed by atoms with Crippen LogP contribution < -0.4 is 0 Å². The van der Waals surface area contributed by atoms with Crippen molar-refractivity contribution in [1.82, 2.24) is 0 Å². The van der Waals surface area contributed by atoms with Gasteiger partial charge in [-0.3, -0.25) is 0 Å². The third-order valence-corrected chi connectivity index (χ3v) is 2.37. The Labute approximate surface area is 99.0 Å². The van der Waals surface area contributed by atoms with Crippen LogP contribution in [0.25, 0.3) is 12.2 Å². The number of rotatable bonds is 3. The molecule has 2 aromatic rings. The number of phenols is 1. The van der Waals surface area contributed by atoms with Gasteiger partial charge in [-0.2, -0.15) is 0 Å². The van der Waals surface area contributed by atoms with Crippen LogP contribution in [0, 0.1) is 4.91 Å². The molecular formula is C14H11NO2. The van der Waals surface area contributed by atoms with E-state index >= 15 is 0 Å². The van der Waals surface area contributed by atoms with Gasteiger partial charge in [0.1, 0.15) is 11.4 Å². The van der Waals surface area contributed by atoms with Gasteiger partial charge in [0.25, 0.3) is 0 Å². The molecule has 0 aliphatic heterocycles. The molecule has 0 bridgehead atoms. The molecule has 3 heteroatoms. The van der Waals surface area contributed by atoms with Gasteiger partial charge in [-0.15, -0.1) is 4.91 Å². The number of hydrogen-bond acceptors (Lipinski definition) is 3. The van der Waals surface area contributed by atoms with E-state index in [2.05, 4.69) is 5.18 Å². The van der Waals surface area contributed by atoms with Gasteiger partial charge in [0, 0.05) is 5.56 Å². The van der Waals surface area contributed by atoms with E-state index in [1.165, 1.54) is 12.1 Å². The molecule has 2 rings (SSSR count). The Morgan fingerprint density at radius 2 is 1.76 bits per heavy atom. The fourth-order valence-corrected chi connectivity index (χ4v) is 1.48. The van der Waals surface area contributed by atoms with Crippen LogP contribution in [0.3, 0.4) is 0 Å². The minimum absolute atomic E-state index is 0.129. The van der Waals surface area contributed by atoms with Crippen molar-refractivity contribution in [3.63, 3.8) is 0 Å². The summed E-state index contributed by atoms with van der Waals surface area (Å²) in [5, 5.41) is 12.4. The summed E-state index contributed by atoms with van der Waals surface area (Å²) in [5.74, 6) is 0.129. The molecule has 1 N–H and O–H groups in total. The molecule has 0 aromatic heterocycles. The molecule has 2 aromatic carbocycles. The zero-order valence-electron chi connectivity index (χ0n) is 9.08. The Balaban J connectivity index is 2.29. The van der Waals surface area contributed by atoms with E-state index in [9.17, 15) is 10.0 Å². The van der Waals surface area contributed by atoms with E-state index in [-0.39, 0.29) is 5.75 Å². The van der Waals surface area contributed by atoms with E-state index in [1.54, 1.807) is 12.1 Å². The number of benzene rings is 2. The van der Waals surface area contributed by atoms with Crippen molar-refractivity contribution in [3.05, 3.63) is 64.6 Å². The van der Waals surface area contributed by atoms with Gasteiger partial charge in [-0.1, -0.05) is 42.5 Å². The molecule has 0 radical (unpaired) electrons. The highest BCUT2D eigenvalue weighted by molar-refractivity contribution is 5.73. The lowest BCUT2D eigenvalue weighted by molar-refractivity contribution is 0.474. The van der Waals surface area contributed by atoms with Gasteiger partial charge in [0.05, 0.1) is 0 Å². The molecule has 0 spiro atoms. The molecule has 0 saturated heterocycles. The van der Waals surface area contributed by atoms with Crippen molar-refractivity contribution in [2.24, 2.45) is 5.18 Å². The normalized spacial score (nSPS) is 10.6. The average Bonchev–Trinajstić information content (AvgIpc) is 2.39. The van der Waals surface area contributed by atoms with Crippen LogP contribution >= 0.6 is 0 Å². The van der Waals surface area contributed by atoms with Crippen molar-refractivity contribution in [2.45, 2.75) is 0 Å². The second-order valence-corrected chi connectivity index (χ2v) is 3.58. The summed E-state index contributed by atoms with van der Waals surface area (Å²) in [6.07, 6.45) is 3.61. The predicted octanol–water partition coefficient (Wildman–Crippen LogP) is 3.96. The van der Waals surface area contributed by atoms with E-state index in [4.69, 9.17) is 0 Å². The fraction of sp³-hybridized carbons (Fsp3) is 0. The highest BCUT2D eigenvalue weighted by Gasteiger charge is 1.99. The summed E-state index contributed by atoms with van der Waals surface area (Å²) >= 11 is 0. The number of hydrogen-bond donors (Lipinski definition) is 1. The van der Waals surface area contributed by atoms with Crippen LogP contribution in [0.4, 0.5) is 5.69 Å². The summed E-state index contributed by atoms with van der Waals surface area (Å²) in [7, 11) is 0. The second-order valence-electron chi connectivity index (χ2n) is 3.58. The maximum atomic E-state index is 10.4. The second kappa shape index (κ2) is 5.07. The molecule has 0 amide bonds. The Hall–Kier alpha value is -2.42. The quantitative estimate of drug-likeness (QED) is 0.634. The predicted molar refractivity (Wildman–Crippen MR) is 68.9 cm³/mol. The smallest absolute Gasteiger partial charge is 0.122 e. The number of aromatic hydroxyl groups is 1. The minimum atomic E-state index is 0.129. The van der Waals surface area contributed by atoms with Crippen molar-refractivity contribution >= 4 is 17.8 Å². The first-order chi connectivity index (χ1) is 8.29. The number of nitroso groups, excluding NO2 is 1. The molecule has 84 valence electrons. The van der Waals surface area contributed by atoms with Crippen molar-refractivity contribution in [1.29, 1.82) is 0 Å². The molecule has 0 aliphatic carbocycles. The SMILES string of the molecule is O=Nc1ccc(O)c(/C=C/c2ccccc2)c1. The Morgan fingerprint density at radius 3 is 2.47 bits per heavy atom. The molecule has 0 atom stereocenters. The van der Waals surface area contributed by atoms with Gasteiger partial charge >= 0.3 is 0 Å². The summed E-state index contributed by atoms with van der Waals surface area (Å²) in [6.45, 7) is 0. The van der Waals surface area contributed by atoms with E-state index < -0.39 is 0 Å². The molecule has 3 nitrogen and oxygen atoms in total. The maximum absolute atomic E-state index is 10.4. The Morgan fingerprint density at radius 1 is 1.00 bits per heavy atom. The molecule has 0 heterocycles. The Kier molecular flexibility index (Phi) is 3.31. The van der Waals surface area contributed by atoms with Gasteiger partial charge in [0.15, 0.2) is 0 Å². The molecule has 0 saturated carbocycles. The minimum Gasteiger partial charge on any atom is -0.507 e. The standard InChI is InChI=1S/C14H11NO2/c16-14-9-8-13(15-17)10-12(14)7-6-11-4-2-1-3-5-11/h1-10,16H/b7-6+. The highest BCUT2D eigenvalue weighted by Crippen LogP contribution is 2.24. The van der Waals surface area contributed by atoms with Crippen LogP contribution in [0.2, 0.25) is 0 Å². The van der Waals surface area contributed by atoms with Gasteiger partial charge in [-0.25, -0.2) is 0 Å². The lowest BCUT2D eigenvalue weighted by Crippen LogP contribution is -1.75. The zero-order valence-corrected chi connectivity index (χ0v) is 9.08. The molecule has 0 unspecified atom stereocenters. The average molecular weight is 225 g/mol. The first-order valence-corrected chi connectivity index (χ1v) is 5.19. The van der Waals surface area contributed by atoms with Crippen molar-refractivity contribution in [3.8, 4) is 5.75 Å².